The van der Waals surface area contributed by atoms with E-state index >= 15 is 0 Å². The highest BCUT2D eigenvalue weighted by atomic mass is 32.1. The first-order chi connectivity index (χ1) is 10.1. The van der Waals surface area contributed by atoms with E-state index in [4.69, 9.17) is 5.11 Å². The second kappa shape index (κ2) is 7.19. The topological polar surface area (TPSA) is 66.4 Å². The van der Waals surface area contributed by atoms with E-state index in [0.717, 1.165) is 27.8 Å². The third kappa shape index (κ3) is 4.54. The SMILES string of the molecule is CCc1ccc(C(=O)NCc2cc(C=CC(=O)O)cs2)s1. The van der Waals surface area contributed by atoms with E-state index in [2.05, 4.69) is 12.2 Å². The molecule has 6 heteroatoms. The standard InChI is InChI=1S/C15H15NO3S2/c1-2-11-4-5-13(21-11)15(19)16-8-12-7-10(9-20-12)3-6-14(17)18/h3-7,9H,2,8H2,1H3,(H,16,19)(H,17,18). The minimum atomic E-state index is -0.972. The molecule has 4 nitrogen and oxygen atoms in total. The van der Waals surface area contributed by atoms with E-state index in [-0.39, 0.29) is 5.91 Å². The van der Waals surface area contributed by atoms with Crippen LogP contribution in [0, 0.1) is 0 Å². The van der Waals surface area contributed by atoms with E-state index in [1.807, 2.05) is 23.6 Å². The number of carboxylic acid groups (broad SMARTS) is 1. The molecule has 21 heavy (non-hydrogen) atoms. The van der Waals surface area contributed by atoms with Gasteiger partial charge in [-0.25, -0.2) is 4.79 Å². The molecule has 0 aliphatic carbocycles. The van der Waals surface area contributed by atoms with Gasteiger partial charge in [0.15, 0.2) is 0 Å². The molecule has 2 heterocycles. The predicted octanol–water partition coefficient (Wildman–Crippen LogP) is 3.40. The van der Waals surface area contributed by atoms with Gasteiger partial charge in [-0.1, -0.05) is 6.92 Å². The van der Waals surface area contributed by atoms with Crippen molar-refractivity contribution in [3.63, 3.8) is 0 Å². The van der Waals surface area contributed by atoms with Gasteiger partial charge >= 0.3 is 5.97 Å². The van der Waals surface area contributed by atoms with Gasteiger partial charge in [-0.15, -0.1) is 22.7 Å². The largest absolute Gasteiger partial charge is 0.478 e. The quantitative estimate of drug-likeness (QED) is 0.801. The van der Waals surface area contributed by atoms with Crippen molar-refractivity contribution in [1.82, 2.24) is 5.32 Å². The van der Waals surface area contributed by atoms with Gasteiger partial charge in [-0.3, -0.25) is 4.79 Å². The number of aryl methyl sites for hydroxylation is 1. The van der Waals surface area contributed by atoms with Crippen LogP contribution in [0.2, 0.25) is 0 Å². The maximum atomic E-state index is 12.0. The van der Waals surface area contributed by atoms with Crippen molar-refractivity contribution in [2.45, 2.75) is 19.9 Å². The summed E-state index contributed by atoms with van der Waals surface area (Å²) in [6, 6.07) is 5.68. The number of hydrogen-bond donors (Lipinski definition) is 2. The van der Waals surface area contributed by atoms with Gasteiger partial charge in [0.05, 0.1) is 11.4 Å². The van der Waals surface area contributed by atoms with Crippen LogP contribution < -0.4 is 5.32 Å². The van der Waals surface area contributed by atoms with Gasteiger partial charge in [-0.05, 0) is 41.6 Å². The first-order valence-corrected chi connectivity index (χ1v) is 8.13. The van der Waals surface area contributed by atoms with Crippen molar-refractivity contribution in [2.75, 3.05) is 0 Å². The Morgan fingerprint density at radius 3 is 2.81 bits per heavy atom. The van der Waals surface area contributed by atoms with Gasteiger partial charge in [-0.2, -0.15) is 0 Å². The molecule has 2 rings (SSSR count). The fraction of sp³-hybridized carbons (Fsp3) is 0.200. The molecule has 2 aromatic rings. The van der Waals surface area contributed by atoms with Crippen LogP contribution in [0.3, 0.4) is 0 Å². The lowest BCUT2D eigenvalue weighted by Gasteiger charge is -2.00. The summed E-state index contributed by atoms with van der Waals surface area (Å²) in [6.45, 7) is 2.51. The van der Waals surface area contributed by atoms with Crippen LogP contribution in [0.15, 0.2) is 29.7 Å². The lowest BCUT2D eigenvalue weighted by Crippen LogP contribution is -2.21. The van der Waals surface area contributed by atoms with Gasteiger partial charge in [0, 0.05) is 15.8 Å². The Kier molecular flexibility index (Phi) is 5.30. The summed E-state index contributed by atoms with van der Waals surface area (Å²) in [5.74, 6) is -1.05. The Labute approximate surface area is 130 Å². The van der Waals surface area contributed by atoms with E-state index in [1.165, 1.54) is 33.6 Å². The number of nitrogens with one attached hydrogen (secondary N) is 1. The minimum absolute atomic E-state index is 0.0734. The predicted molar refractivity (Wildman–Crippen MR) is 85.9 cm³/mol. The van der Waals surface area contributed by atoms with Crippen LogP contribution in [0.1, 0.15) is 31.9 Å². The lowest BCUT2D eigenvalue weighted by molar-refractivity contribution is -0.131. The molecule has 0 bridgehead atoms. The number of rotatable bonds is 6. The summed E-state index contributed by atoms with van der Waals surface area (Å²) >= 11 is 3.00. The first-order valence-electron chi connectivity index (χ1n) is 6.44. The highest BCUT2D eigenvalue weighted by Crippen LogP contribution is 2.18. The van der Waals surface area contributed by atoms with E-state index in [0.29, 0.717) is 6.54 Å². The van der Waals surface area contributed by atoms with Crippen molar-refractivity contribution >= 4 is 40.6 Å². The minimum Gasteiger partial charge on any atom is -0.478 e. The average molecular weight is 321 g/mol. The molecule has 0 aromatic carbocycles. The van der Waals surface area contributed by atoms with Crippen LogP contribution in [0.4, 0.5) is 0 Å². The van der Waals surface area contributed by atoms with Crippen LogP contribution in [-0.2, 0) is 17.8 Å². The smallest absolute Gasteiger partial charge is 0.328 e. The van der Waals surface area contributed by atoms with Crippen molar-refractivity contribution < 1.29 is 14.7 Å². The summed E-state index contributed by atoms with van der Waals surface area (Å²) in [7, 11) is 0. The summed E-state index contributed by atoms with van der Waals surface area (Å²) in [6.07, 6.45) is 3.57. The molecule has 0 saturated heterocycles. The first kappa shape index (κ1) is 15.5. The van der Waals surface area contributed by atoms with E-state index in [9.17, 15) is 9.59 Å². The molecule has 110 valence electrons. The number of carbonyl (C=O) groups is 2. The Bertz CT molecular complexity index is 670. The average Bonchev–Trinajstić information content (AvgIpc) is 3.11. The summed E-state index contributed by atoms with van der Waals surface area (Å²) in [5.41, 5.74) is 0.830. The van der Waals surface area contributed by atoms with Crippen LogP contribution >= 0.6 is 22.7 Å². The summed E-state index contributed by atoms with van der Waals surface area (Å²) in [5, 5.41) is 13.3. The number of thiophene rings is 2. The fourth-order valence-corrected chi connectivity index (χ4v) is 3.35. The molecular formula is C15H15NO3S2. The second-order valence-corrected chi connectivity index (χ2v) is 6.48. The molecule has 0 radical (unpaired) electrons. The molecule has 0 atom stereocenters. The third-order valence-corrected chi connectivity index (χ3v) is 4.93. The molecule has 2 aromatic heterocycles. The van der Waals surface area contributed by atoms with Gasteiger partial charge in [0.25, 0.3) is 5.91 Å². The Morgan fingerprint density at radius 2 is 2.14 bits per heavy atom. The third-order valence-electron chi connectivity index (χ3n) is 2.75. The highest BCUT2D eigenvalue weighted by molar-refractivity contribution is 7.14. The van der Waals surface area contributed by atoms with Gasteiger partial charge < -0.3 is 10.4 Å². The van der Waals surface area contributed by atoms with Crippen molar-refractivity contribution in [3.8, 4) is 0 Å². The molecule has 0 aliphatic rings. The monoisotopic (exact) mass is 321 g/mol. The summed E-state index contributed by atoms with van der Waals surface area (Å²) < 4.78 is 0. The molecule has 2 N–H and O–H groups in total. The molecule has 0 saturated carbocycles. The number of aliphatic carboxylic acids is 1. The van der Waals surface area contributed by atoms with Crippen LogP contribution in [-0.4, -0.2) is 17.0 Å². The van der Waals surface area contributed by atoms with Crippen LogP contribution in [0.25, 0.3) is 6.08 Å². The number of amides is 1. The zero-order chi connectivity index (χ0) is 15.2. The van der Waals surface area contributed by atoms with E-state index < -0.39 is 5.97 Å². The number of carboxylic acids is 1. The Morgan fingerprint density at radius 1 is 1.33 bits per heavy atom. The fourth-order valence-electron chi connectivity index (χ4n) is 1.69. The normalized spacial score (nSPS) is 10.9. The van der Waals surface area contributed by atoms with Crippen molar-refractivity contribution in [3.05, 3.63) is 49.9 Å². The number of hydrogen-bond acceptors (Lipinski definition) is 4. The van der Waals surface area contributed by atoms with Gasteiger partial charge in [0.1, 0.15) is 0 Å². The highest BCUT2D eigenvalue weighted by Gasteiger charge is 2.08. The number of carbonyl (C=O) groups excluding carboxylic acids is 1. The van der Waals surface area contributed by atoms with Crippen LogP contribution in [0.5, 0.6) is 0 Å². The van der Waals surface area contributed by atoms with Crippen molar-refractivity contribution in [2.24, 2.45) is 0 Å². The zero-order valence-corrected chi connectivity index (χ0v) is 13.1. The molecule has 0 unspecified atom stereocenters. The van der Waals surface area contributed by atoms with Gasteiger partial charge in [0.2, 0.25) is 0 Å². The van der Waals surface area contributed by atoms with Crippen molar-refractivity contribution in [1.29, 1.82) is 0 Å². The molecular weight excluding hydrogens is 306 g/mol. The Balaban J connectivity index is 1.90. The molecule has 1 amide bonds. The Hall–Kier alpha value is -1.92. The molecule has 0 aliphatic heterocycles. The molecule has 0 fully saturated rings. The maximum absolute atomic E-state index is 12.0. The molecule has 0 spiro atoms. The maximum Gasteiger partial charge on any atom is 0.328 e. The second-order valence-electron chi connectivity index (χ2n) is 4.32. The zero-order valence-electron chi connectivity index (χ0n) is 11.5. The summed E-state index contributed by atoms with van der Waals surface area (Å²) in [4.78, 5) is 25.3. The lowest BCUT2D eigenvalue weighted by atomic mass is 10.3. The van der Waals surface area contributed by atoms with E-state index in [1.54, 1.807) is 0 Å².